The highest BCUT2D eigenvalue weighted by atomic mass is 16.5. The topological polar surface area (TPSA) is 119 Å². The molecule has 0 bridgehead atoms. The molecule has 0 saturated carbocycles. The molecule has 0 amide bonds. The first-order valence-electron chi connectivity index (χ1n) is 11.6. The number of hydrogen-bond donors (Lipinski definition) is 1. The fourth-order valence-electron chi connectivity index (χ4n) is 4.00. The zero-order valence-electron chi connectivity index (χ0n) is 20.9. The molecule has 0 aliphatic heterocycles. The van der Waals surface area contributed by atoms with E-state index in [1.165, 1.54) is 6.21 Å². The van der Waals surface area contributed by atoms with Crippen molar-refractivity contribution < 1.29 is 23.8 Å². The first kappa shape index (κ1) is 24.6. The number of benzene rings is 3. The lowest BCUT2D eigenvalue weighted by Crippen LogP contribution is -2.20. The number of nitrogens with zero attached hydrogens (tertiary/aromatic N) is 4. The zero-order valence-corrected chi connectivity index (χ0v) is 20.9. The normalized spacial score (nSPS) is 11.3. The predicted molar refractivity (Wildman–Crippen MR) is 145 cm³/mol. The van der Waals surface area contributed by atoms with Gasteiger partial charge in [-0.15, -0.1) is 0 Å². The van der Waals surface area contributed by atoms with Crippen molar-refractivity contribution in [3.05, 3.63) is 82.6 Å². The number of hydrogen-bond acceptors (Lipinski definition) is 8. The molecule has 5 aromatic rings. The number of aromatic nitrogens is 2. The number of carbonyl (C=O) groups is 1. The SMILES string of the molecule is COc1cccc2oc(-c3nc4ccccc4c(=O)n3N=Cc3ccc(N(C)C)cc3OCC(=O)O)cc12. The van der Waals surface area contributed by atoms with Gasteiger partial charge in [0.05, 0.1) is 29.6 Å². The summed E-state index contributed by atoms with van der Waals surface area (Å²) in [6, 6.07) is 19.4. The van der Waals surface area contributed by atoms with Gasteiger partial charge in [0, 0.05) is 31.4 Å². The van der Waals surface area contributed by atoms with Crippen molar-refractivity contribution in [1.29, 1.82) is 0 Å². The lowest BCUT2D eigenvalue weighted by atomic mass is 10.2. The quantitative estimate of drug-likeness (QED) is 0.307. The molecule has 3 aromatic carbocycles. The van der Waals surface area contributed by atoms with Crippen molar-refractivity contribution in [3.63, 3.8) is 0 Å². The highest BCUT2D eigenvalue weighted by Gasteiger charge is 2.18. The molecule has 10 heteroatoms. The van der Waals surface area contributed by atoms with Crippen molar-refractivity contribution >= 4 is 39.7 Å². The summed E-state index contributed by atoms with van der Waals surface area (Å²) in [5.74, 6) is 0.340. The van der Waals surface area contributed by atoms with Crippen molar-refractivity contribution in [2.24, 2.45) is 5.10 Å². The van der Waals surface area contributed by atoms with Gasteiger partial charge in [0.25, 0.3) is 5.56 Å². The Morgan fingerprint density at radius 2 is 1.89 bits per heavy atom. The van der Waals surface area contributed by atoms with Gasteiger partial charge < -0.3 is 23.9 Å². The number of ether oxygens (including phenoxy) is 2. The second-order valence-electron chi connectivity index (χ2n) is 8.60. The molecule has 192 valence electrons. The molecule has 0 spiro atoms. The second kappa shape index (κ2) is 10.1. The summed E-state index contributed by atoms with van der Waals surface area (Å²) in [6.07, 6.45) is 1.43. The number of anilines is 1. The highest BCUT2D eigenvalue weighted by molar-refractivity contribution is 5.89. The van der Waals surface area contributed by atoms with Crippen molar-refractivity contribution in [1.82, 2.24) is 9.66 Å². The molecule has 0 fully saturated rings. The van der Waals surface area contributed by atoms with E-state index in [1.54, 1.807) is 55.6 Å². The van der Waals surface area contributed by atoms with Crippen LogP contribution < -0.4 is 19.9 Å². The third-order valence-electron chi connectivity index (χ3n) is 5.89. The van der Waals surface area contributed by atoms with Gasteiger partial charge in [-0.05, 0) is 42.5 Å². The van der Waals surface area contributed by atoms with E-state index in [4.69, 9.17) is 19.0 Å². The number of furan rings is 1. The van der Waals surface area contributed by atoms with Gasteiger partial charge in [-0.25, -0.2) is 9.78 Å². The summed E-state index contributed by atoms with van der Waals surface area (Å²) in [7, 11) is 5.29. The Labute approximate surface area is 217 Å². The number of methoxy groups -OCH3 is 1. The van der Waals surface area contributed by atoms with Gasteiger partial charge in [0.2, 0.25) is 5.82 Å². The molecule has 2 heterocycles. The summed E-state index contributed by atoms with van der Waals surface area (Å²) in [5.41, 5.74) is 1.96. The minimum Gasteiger partial charge on any atom is -0.496 e. The molecular weight excluding hydrogens is 488 g/mol. The molecule has 2 aromatic heterocycles. The molecule has 10 nitrogen and oxygen atoms in total. The van der Waals surface area contributed by atoms with Crippen LogP contribution in [-0.2, 0) is 4.79 Å². The number of rotatable bonds is 8. The van der Waals surface area contributed by atoms with Gasteiger partial charge in [-0.1, -0.05) is 18.2 Å². The van der Waals surface area contributed by atoms with E-state index >= 15 is 0 Å². The van der Waals surface area contributed by atoms with Gasteiger partial charge in [-0.3, -0.25) is 4.79 Å². The van der Waals surface area contributed by atoms with Crippen molar-refractivity contribution in [2.45, 2.75) is 0 Å². The molecule has 0 radical (unpaired) electrons. The van der Waals surface area contributed by atoms with Crippen LogP contribution in [0.4, 0.5) is 5.69 Å². The molecule has 0 atom stereocenters. The Kier molecular flexibility index (Phi) is 6.53. The maximum Gasteiger partial charge on any atom is 0.341 e. The van der Waals surface area contributed by atoms with Crippen molar-refractivity contribution in [2.75, 3.05) is 32.7 Å². The summed E-state index contributed by atoms with van der Waals surface area (Å²) in [6.45, 7) is -0.527. The highest BCUT2D eigenvalue weighted by Crippen LogP contribution is 2.33. The fraction of sp³-hybridized carbons (Fsp3) is 0.143. The molecule has 38 heavy (non-hydrogen) atoms. The molecule has 0 aliphatic rings. The average Bonchev–Trinajstić information content (AvgIpc) is 3.36. The number of aliphatic carboxylic acids is 1. The Morgan fingerprint density at radius 3 is 2.66 bits per heavy atom. The number of fused-ring (bicyclic) bond motifs is 2. The maximum absolute atomic E-state index is 13.6. The second-order valence-corrected chi connectivity index (χ2v) is 8.60. The Morgan fingerprint density at radius 1 is 1.08 bits per heavy atom. The first-order chi connectivity index (χ1) is 18.4. The average molecular weight is 513 g/mol. The van der Waals surface area contributed by atoms with Crippen LogP contribution in [0.25, 0.3) is 33.5 Å². The summed E-state index contributed by atoms with van der Waals surface area (Å²) in [5, 5.41) is 14.7. The van der Waals surface area contributed by atoms with Crippen LogP contribution >= 0.6 is 0 Å². The van der Waals surface area contributed by atoms with Crippen LogP contribution in [0.15, 0.2) is 81.0 Å². The first-order valence-corrected chi connectivity index (χ1v) is 11.6. The molecule has 0 unspecified atom stereocenters. The van der Waals surface area contributed by atoms with Gasteiger partial charge in [0.15, 0.2) is 12.4 Å². The van der Waals surface area contributed by atoms with Crippen LogP contribution in [0.5, 0.6) is 11.5 Å². The Hall–Kier alpha value is -5.12. The minimum atomic E-state index is -1.11. The predicted octanol–water partition coefficient (Wildman–Crippen LogP) is 4.23. The summed E-state index contributed by atoms with van der Waals surface area (Å²) in [4.78, 5) is 31.2. The summed E-state index contributed by atoms with van der Waals surface area (Å²) < 4.78 is 18.2. The number of para-hydroxylation sites is 1. The molecule has 5 rings (SSSR count). The summed E-state index contributed by atoms with van der Waals surface area (Å²) >= 11 is 0. The molecular formula is C28H24N4O6. The van der Waals surface area contributed by atoms with Crippen LogP contribution in [0.1, 0.15) is 5.56 Å². The minimum absolute atomic E-state index is 0.195. The van der Waals surface area contributed by atoms with Gasteiger partial charge in [0.1, 0.15) is 17.1 Å². The van der Waals surface area contributed by atoms with E-state index in [-0.39, 0.29) is 5.82 Å². The van der Waals surface area contributed by atoms with E-state index < -0.39 is 18.1 Å². The van der Waals surface area contributed by atoms with E-state index in [0.717, 1.165) is 15.7 Å². The molecule has 0 aliphatic carbocycles. The van der Waals surface area contributed by atoms with E-state index in [2.05, 4.69) is 10.1 Å². The number of carboxylic acid groups (broad SMARTS) is 1. The fourth-order valence-corrected chi connectivity index (χ4v) is 4.00. The van der Waals surface area contributed by atoms with Crippen LogP contribution in [0.2, 0.25) is 0 Å². The maximum atomic E-state index is 13.6. The van der Waals surface area contributed by atoms with Gasteiger partial charge >= 0.3 is 5.97 Å². The van der Waals surface area contributed by atoms with Crippen LogP contribution in [-0.4, -0.2) is 54.8 Å². The lowest BCUT2D eigenvalue weighted by molar-refractivity contribution is -0.139. The van der Waals surface area contributed by atoms with Crippen molar-refractivity contribution in [3.8, 4) is 23.1 Å². The number of carboxylic acids is 1. The lowest BCUT2D eigenvalue weighted by Gasteiger charge is -2.15. The van der Waals surface area contributed by atoms with E-state index in [0.29, 0.717) is 39.3 Å². The van der Waals surface area contributed by atoms with Crippen LogP contribution in [0, 0.1) is 0 Å². The zero-order chi connectivity index (χ0) is 26.8. The standard InChI is InChI=1S/C28H24N4O6/c1-31(2)18-12-11-17(24(13-18)37-16-26(33)34)15-29-32-27(30-21-8-5-4-7-19(21)28(32)35)25-14-20-22(36-3)9-6-10-23(20)38-25/h4-15H,16H2,1-3H3,(H,33,34). The Bertz CT molecular complexity index is 1750. The van der Waals surface area contributed by atoms with E-state index in [9.17, 15) is 9.59 Å². The molecule has 1 N–H and O–H groups in total. The third kappa shape index (κ3) is 4.66. The smallest absolute Gasteiger partial charge is 0.341 e. The van der Waals surface area contributed by atoms with Gasteiger partial charge in [-0.2, -0.15) is 9.78 Å². The van der Waals surface area contributed by atoms with E-state index in [1.807, 2.05) is 37.2 Å². The third-order valence-corrected chi connectivity index (χ3v) is 5.89. The molecule has 0 saturated heterocycles. The Balaban J connectivity index is 1.68. The monoisotopic (exact) mass is 512 g/mol. The largest absolute Gasteiger partial charge is 0.496 e. The van der Waals surface area contributed by atoms with Crippen LogP contribution in [0.3, 0.4) is 0 Å².